The standard InChI is InChI=1S/C27H26FN4O2P/c1-15-12-18(14-19(28)13-15)26(33)31-24-23(17-8-10-21(35)11-9-17)22(16(2)29)25(32-27(24)34)30-20-6-4-3-5-7-20/h3-14,23-24H,29,35H2,1-2H3,(H,31,33)(H,30,32,34)/b22-16-/t23-,24-/m0/s1. The Hall–Kier alpha value is -3.83. The lowest BCUT2D eigenvalue weighted by molar-refractivity contribution is -0.122. The van der Waals surface area contributed by atoms with Gasteiger partial charge in [-0.05, 0) is 60.6 Å². The average molecular weight is 489 g/mol. The summed E-state index contributed by atoms with van der Waals surface area (Å²) in [6.45, 7) is 3.43. The van der Waals surface area contributed by atoms with E-state index in [2.05, 4.69) is 24.9 Å². The van der Waals surface area contributed by atoms with Gasteiger partial charge in [-0.3, -0.25) is 9.59 Å². The van der Waals surface area contributed by atoms with Gasteiger partial charge in [0.2, 0.25) is 5.91 Å². The number of amidine groups is 1. The van der Waals surface area contributed by atoms with Crippen molar-refractivity contribution in [2.24, 2.45) is 10.7 Å². The fourth-order valence-electron chi connectivity index (χ4n) is 4.18. The van der Waals surface area contributed by atoms with Crippen LogP contribution in [0.1, 0.15) is 34.3 Å². The number of carbonyl (C=O) groups excluding carboxylic acids is 2. The van der Waals surface area contributed by atoms with Crippen molar-refractivity contribution in [1.29, 1.82) is 0 Å². The number of aliphatic imine (C=N–C) groups is 1. The molecule has 1 aliphatic heterocycles. The fourth-order valence-corrected chi connectivity index (χ4v) is 4.37. The van der Waals surface area contributed by atoms with Gasteiger partial charge in [0.1, 0.15) is 17.7 Å². The molecule has 0 spiro atoms. The van der Waals surface area contributed by atoms with E-state index in [4.69, 9.17) is 5.73 Å². The minimum absolute atomic E-state index is 0.133. The maximum absolute atomic E-state index is 13.9. The van der Waals surface area contributed by atoms with Gasteiger partial charge in [0.05, 0.1) is 5.69 Å². The number of aryl methyl sites for hydroxylation is 1. The Morgan fingerprint density at radius 3 is 2.40 bits per heavy atom. The number of rotatable bonds is 4. The highest BCUT2D eigenvalue weighted by Gasteiger charge is 2.41. The van der Waals surface area contributed by atoms with Crippen LogP contribution >= 0.6 is 9.24 Å². The van der Waals surface area contributed by atoms with Crippen LogP contribution < -0.4 is 21.7 Å². The van der Waals surface area contributed by atoms with Crippen LogP contribution in [0.15, 0.2) is 89.1 Å². The summed E-state index contributed by atoms with van der Waals surface area (Å²) in [5, 5.41) is 6.59. The molecule has 0 saturated carbocycles. The minimum Gasteiger partial charge on any atom is -0.402 e. The number of hydrogen-bond acceptors (Lipinski definition) is 4. The third-order valence-electron chi connectivity index (χ3n) is 5.73. The van der Waals surface area contributed by atoms with E-state index in [1.165, 1.54) is 6.07 Å². The third kappa shape index (κ3) is 5.47. The van der Waals surface area contributed by atoms with Crippen LogP contribution in [0.4, 0.5) is 10.1 Å². The molecule has 1 heterocycles. The summed E-state index contributed by atoms with van der Waals surface area (Å²) in [5.74, 6) is -1.80. The van der Waals surface area contributed by atoms with Crippen LogP contribution in [0.5, 0.6) is 0 Å². The van der Waals surface area contributed by atoms with Gasteiger partial charge >= 0.3 is 0 Å². The molecule has 1 fully saturated rings. The van der Waals surface area contributed by atoms with Crippen LogP contribution in [-0.4, -0.2) is 23.7 Å². The fraction of sp³-hybridized carbons (Fsp3) is 0.148. The van der Waals surface area contributed by atoms with E-state index in [9.17, 15) is 14.0 Å². The first-order valence-corrected chi connectivity index (χ1v) is 11.7. The third-order valence-corrected chi connectivity index (χ3v) is 6.12. The van der Waals surface area contributed by atoms with Crippen molar-refractivity contribution in [1.82, 2.24) is 10.6 Å². The highest BCUT2D eigenvalue weighted by molar-refractivity contribution is 7.27. The first-order valence-electron chi connectivity index (χ1n) is 11.1. The van der Waals surface area contributed by atoms with Gasteiger partial charge in [0.25, 0.3) is 5.91 Å². The largest absolute Gasteiger partial charge is 0.402 e. The summed E-state index contributed by atoms with van der Waals surface area (Å²) in [5.41, 5.74) is 9.57. The molecule has 2 amide bonds. The summed E-state index contributed by atoms with van der Waals surface area (Å²) < 4.78 is 13.9. The average Bonchev–Trinajstić information content (AvgIpc) is 2.81. The molecule has 0 bridgehead atoms. The Kier molecular flexibility index (Phi) is 7.08. The first-order chi connectivity index (χ1) is 16.7. The number of carbonyl (C=O) groups is 2. The smallest absolute Gasteiger partial charge is 0.252 e. The molecule has 8 heteroatoms. The lowest BCUT2D eigenvalue weighted by atomic mass is 9.79. The Morgan fingerprint density at radius 1 is 1.09 bits per heavy atom. The van der Waals surface area contributed by atoms with Crippen LogP contribution in [0.3, 0.4) is 0 Å². The molecule has 1 aliphatic rings. The van der Waals surface area contributed by atoms with Gasteiger partial charge in [-0.1, -0.05) is 42.5 Å². The van der Waals surface area contributed by atoms with Crippen LogP contribution in [0.2, 0.25) is 0 Å². The molecule has 3 aromatic rings. The van der Waals surface area contributed by atoms with Crippen molar-refractivity contribution in [3.8, 4) is 0 Å². The van der Waals surface area contributed by atoms with Crippen molar-refractivity contribution >= 4 is 37.9 Å². The number of nitrogens with two attached hydrogens (primary N) is 1. The second-order valence-electron chi connectivity index (χ2n) is 8.49. The number of halogens is 1. The van der Waals surface area contributed by atoms with Crippen molar-refractivity contribution < 1.29 is 14.0 Å². The van der Waals surface area contributed by atoms with E-state index >= 15 is 0 Å². The summed E-state index contributed by atoms with van der Waals surface area (Å²) in [7, 11) is 2.62. The second-order valence-corrected chi connectivity index (χ2v) is 9.16. The predicted molar refractivity (Wildman–Crippen MR) is 139 cm³/mol. The number of nitrogens with one attached hydrogen (secondary N) is 2. The summed E-state index contributed by atoms with van der Waals surface area (Å²) in [6.07, 6.45) is 0. The van der Waals surface area contributed by atoms with E-state index in [1.54, 1.807) is 19.9 Å². The molecular weight excluding hydrogens is 462 g/mol. The van der Waals surface area contributed by atoms with Crippen LogP contribution in [-0.2, 0) is 4.79 Å². The molecule has 6 nitrogen and oxygen atoms in total. The van der Waals surface area contributed by atoms with Crippen molar-refractivity contribution in [3.63, 3.8) is 0 Å². The van der Waals surface area contributed by atoms with Gasteiger partial charge in [-0.15, -0.1) is 9.24 Å². The van der Waals surface area contributed by atoms with Gasteiger partial charge < -0.3 is 16.4 Å². The van der Waals surface area contributed by atoms with Crippen molar-refractivity contribution in [3.05, 3.63) is 107 Å². The van der Waals surface area contributed by atoms with Gasteiger partial charge in [-0.25, -0.2) is 9.38 Å². The predicted octanol–water partition coefficient (Wildman–Crippen LogP) is 3.61. The van der Waals surface area contributed by atoms with Crippen LogP contribution in [0.25, 0.3) is 0 Å². The van der Waals surface area contributed by atoms with Crippen molar-refractivity contribution in [2.75, 3.05) is 0 Å². The number of allylic oxidation sites excluding steroid dienone is 1. The highest BCUT2D eigenvalue weighted by Crippen LogP contribution is 2.34. The molecule has 0 aliphatic carbocycles. The summed E-state index contributed by atoms with van der Waals surface area (Å²) in [4.78, 5) is 31.1. The van der Waals surface area contributed by atoms with Crippen LogP contribution in [0, 0.1) is 12.7 Å². The maximum atomic E-state index is 13.9. The van der Waals surface area contributed by atoms with Gasteiger partial charge in [0, 0.05) is 22.8 Å². The summed E-state index contributed by atoms with van der Waals surface area (Å²) >= 11 is 0. The molecule has 4 rings (SSSR count). The normalized spacial score (nSPS) is 20.3. The van der Waals surface area contributed by atoms with Crippen molar-refractivity contribution in [2.45, 2.75) is 25.8 Å². The Balaban J connectivity index is 1.80. The maximum Gasteiger partial charge on any atom is 0.252 e. The Bertz CT molecular complexity index is 1310. The van der Waals surface area contributed by atoms with E-state index in [1.807, 2.05) is 54.6 Å². The zero-order chi connectivity index (χ0) is 25.1. The number of hydrogen-bond donors (Lipinski definition) is 3. The monoisotopic (exact) mass is 488 g/mol. The lowest BCUT2D eigenvalue weighted by Gasteiger charge is -2.35. The van der Waals surface area contributed by atoms with E-state index < -0.39 is 29.6 Å². The molecular formula is C27H26FN4O2P. The number of amides is 2. The number of para-hydroxylation sites is 1. The molecule has 0 radical (unpaired) electrons. The zero-order valence-electron chi connectivity index (χ0n) is 19.4. The minimum atomic E-state index is -0.996. The molecule has 1 saturated heterocycles. The molecule has 0 aromatic heterocycles. The van der Waals surface area contributed by atoms with E-state index in [0.29, 0.717) is 28.4 Å². The molecule has 178 valence electrons. The molecule has 3 aromatic carbocycles. The Labute approximate surface area is 205 Å². The molecule has 35 heavy (non-hydrogen) atoms. The molecule has 3 atom stereocenters. The first kappa shape index (κ1) is 24.3. The molecule has 4 N–H and O–H groups in total. The number of nitrogens with zero attached hydrogens (tertiary/aromatic N) is 1. The van der Waals surface area contributed by atoms with E-state index in [0.717, 1.165) is 16.9 Å². The second kappa shape index (κ2) is 10.2. The van der Waals surface area contributed by atoms with Gasteiger partial charge in [0.15, 0.2) is 0 Å². The number of piperidine rings is 1. The highest BCUT2D eigenvalue weighted by atomic mass is 31.0. The zero-order valence-corrected chi connectivity index (χ0v) is 20.5. The topological polar surface area (TPSA) is 96.6 Å². The summed E-state index contributed by atoms with van der Waals surface area (Å²) in [6, 6.07) is 19.9. The SMILES string of the molecule is C/C(N)=C1/C(=Nc2ccccc2)NC(=O)[C@@H](NC(=O)c2cc(C)cc(F)c2)[C@H]1c1ccc(P)cc1. The Morgan fingerprint density at radius 2 is 1.77 bits per heavy atom. The van der Waals surface area contributed by atoms with Gasteiger partial charge in [-0.2, -0.15) is 0 Å². The lowest BCUT2D eigenvalue weighted by Crippen LogP contribution is -2.57. The molecule has 1 unspecified atom stereocenters. The quantitative estimate of drug-likeness (QED) is 0.490. The number of benzene rings is 3. The van der Waals surface area contributed by atoms with E-state index in [-0.39, 0.29) is 5.56 Å².